The number of nitrogens with one attached hydrogen (secondary N) is 1. The van der Waals surface area contributed by atoms with Gasteiger partial charge in [-0.2, -0.15) is 5.10 Å². The summed E-state index contributed by atoms with van der Waals surface area (Å²) in [6.07, 6.45) is 8.43. The van der Waals surface area contributed by atoms with Crippen molar-refractivity contribution in [2.24, 2.45) is 0 Å². The first kappa shape index (κ1) is 19.2. The van der Waals surface area contributed by atoms with Gasteiger partial charge in [0, 0.05) is 36.6 Å². The SMILES string of the molecule is CN1CCC(N2CCC[C@H](NC(=O)c3cccc(Cn4cccn4)c3)C2)CC1. The van der Waals surface area contributed by atoms with Gasteiger partial charge in [-0.15, -0.1) is 0 Å². The number of carbonyl (C=O) groups is 1. The number of nitrogens with zero attached hydrogens (tertiary/aromatic N) is 4. The van der Waals surface area contributed by atoms with Crippen molar-refractivity contribution in [3.05, 3.63) is 53.9 Å². The minimum Gasteiger partial charge on any atom is -0.348 e. The number of likely N-dealkylation sites (tertiary alicyclic amines) is 2. The lowest BCUT2D eigenvalue weighted by Crippen LogP contribution is -2.53. The third kappa shape index (κ3) is 4.80. The van der Waals surface area contributed by atoms with Gasteiger partial charge < -0.3 is 10.2 Å². The monoisotopic (exact) mass is 381 g/mol. The van der Waals surface area contributed by atoms with Crippen molar-refractivity contribution >= 4 is 5.91 Å². The Labute approximate surface area is 167 Å². The summed E-state index contributed by atoms with van der Waals surface area (Å²) in [4.78, 5) is 17.9. The molecule has 3 heterocycles. The molecule has 0 saturated carbocycles. The van der Waals surface area contributed by atoms with Crippen molar-refractivity contribution in [3.63, 3.8) is 0 Å². The molecule has 0 unspecified atom stereocenters. The average Bonchev–Trinajstić information content (AvgIpc) is 3.22. The van der Waals surface area contributed by atoms with Gasteiger partial charge in [0.1, 0.15) is 0 Å². The molecule has 28 heavy (non-hydrogen) atoms. The summed E-state index contributed by atoms with van der Waals surface area (Å²) in [5.74, 6) is 0.0394. The molecule has 2 saturated heterocycles. The molecule has 2 aromatic rings. The molecular weight excluding hydrogens is 350 g/mol. The van der Waals surface area contributed by atoms with Gasteiger partial charge in [0.2, 0.25) is 0 Å². The van der Waals surface area contributed by atoms with E-state index in [0.29, 0.717) is 12.6 Å². The molecule has 6 nitrogen and oxygen atoms in total. The molecule has 1 aromatic carbocycles. The zero-order valence-electron chi connectivity index (χ0n) is 16.8. The molecule has 1 atom stereocenters. The molecule has 2 fully saturated rings. The Morgan fingerprint density at radius 1 is 1.18 bits per heavy atom. The molecule has 1 N–H and O–H groups in total. The highest BCUT2D eigenvalue weighted by Crippen LogP contribution is 2.21. The van der Waals surface area contributed by atoms with Crippen LogP contribution >= 0.6 is 0 Å². The predicted molar refractivity (Wildman–Crippen MR) is 110 cm³/mol. The van der Waals surface area contributed by atoms with Crippen LogP contribution in [0.15, 0.2) is 42.7 Å². The van der Waals surface area contributed by atoms with E-state index in [4.69, 9.17) is 0 Å². The third-order valence-electron chi connectivity index (χ3n) is 6.09. The Kier molecular flexibility index (Phi) is 6.07. The number of hydrogen-bond donors (Lipinski definition) is 1. The van der Waals surface area contributed by atoms with Crippen LogP contribution in [0.1, 0.15) is 41.6 Å². The maximum absolute atomic E-state index is 12.8. The fraction of sp³-hybridized carbons (Fsp3) is 0.545. The summed E-state index contributed by atoms with van der Waals surface area (Å²) < 4.78 is 1.87. The van der Waals surface area contributed by atoms with E-state index in [2.05, 4.69) is 27.3 Å². The molecule has 1 amide bonds. The van der Waals surface area contributed by atoms with Gasteiger partial charge in [-0.25, -0.2) is 0 Å². The fourth-order valence-electron chi connectivity index (χ4n) is 4.48. The van der Waals surface area contributed by atoms with Crippen molar-refractivity contribution in [3.8, 4) is 0 Å². The van der Waals surface area contributed by atoms with Crippen LogP contribution in [-0.4, -0.2) is 70.8 Å². The van der Waals surface area contributed by atoms with Crippen LogP contribution in [0.5, 0.6) is 0 Å². The topological polar surface area (TPSA) is 53.4 Å². The van der Waals surface area contributed by atoms with E-state index in [9.17, 15) is 4.79 Å². The molecule has 0 spiro atoms. The molecule has 0 radical (unpaired) electrons. The van der Waals surface area contributed by atoms with Gasteiger partial charge in [0.25, 0.3) is 5.91 Å². The standard InChI is InChI=1S/C22H31N5O/c1-25-13-8-21(9-14-25)26-11-3-7-20(17-26)24-22(28)19-6-2-5-18(15-19)16-27-12-4-10-23-27/h2,4-6,10,12,15,20-21H,3,7-9,11,13-14,16-17H2,1H3,(H,24,28)/t20-/m0/s1. The summed E-state index contributed by atoms with van der Waals surface area (Å²) in [6, 6.07) is 10.7. The Morgan fingerprint density at radius 3 is 2.82 bits per heavy atom. The summed E-state index contributed by atoms with van der Waals surface area (Å²) >= 11 is 0. The molecule has 0 aliphatic carbocycles. The van der Waals surface area contributed by atoms with Crippen LogP contribution in [0.2, 0.25) is 0 Å². The van der Waals surface area contributed by atoms with Gasteiger partial charge in [0.05, 0.1) is 6.54 Å². The van der Waals surface area contributed by atoms with E-state index < -0.39 is 0 Å². The zero-order chi connectivity index (χ0) is 19.3. The van der Waals surface area contributed by atoms with Crippen molar-refractivity contribution in [2.45, 2.75) is 44.3 Å². The number of hydrogen-bond acceptors (Lipinski definition) is 4. The molecule has 4 rings (SSSR count). The lowest BCUT2D eigenvalue weighted by molar-refractivity contribution is 0.0766. The van der Waals surface area contributed by atoms with Crippen LogP contribution < -0.4 is 5.32 Å². The Bertz CT molecular complexity index is 767. The molecule has 2 aliphatic rings. The summed E-state index contributed by atoms with van der Waals surface area (Å²) in [7, 11) is 2.20. The quantitative estimate of drug-likeness (QED) is 0.863. The first-order valence-electron chi connectivity index (χ1n) is 10.5. The first-order chi connectivity index (χ1) is 13.7. The van der Waals surface area contributed by atoms with Crippen LogP contribution in [0.4, 0.5) is 0 Å². The highest BCUT2D eigenvalue weighted by Gasteiger charge is 2.28. The smallest absolute Gasteiger partial charge is 0.251 e. The Morgan fingerprint density at radius 2 is 2.04 bits per heavy atom. The minimum absolute atomic E-state index is 0.0394. The van der Waals surface area contributed by atoms with Gasteiger partial charge in [-0.3, -0.25) is 14.4 Å². The minimum atomic E-state index is 0.0394. The lowest BCUT2D eigenvalue weighted by Gasteiger charge is -2.41. The van der Waals surface area contributed by atoms with Crippen molar-refractivity contribution < 1.29 is 4.79 Å². The van der Waals surface area contributed by atoms with Crippen molar-refractivity contribution in [1.82, 2.24) is 24.9 Å². The molecule has 150 valence electrons. The molecule has 2 aliphatic heterocycles. The van der Waals surface area contributed by atoms with Gasteiger partial charge in [0.15, 0.2) is 0 Å². The maximum atomic E-state index is 12.8. The van der Waals surface area contributed by atoms with E-state index in [1.165, 1.54) is 32.5 Å². The third-order valence-corrected chi connectivity index (χ3v) is 6.09. The van der Waals surface area contributed by atoms with E-state index in [-0.39, 0.29) is 11.9 Å². The summed E-state index contributed by atoms with van der Waals surface area (Å²) in [5.41, 5.74) is 1.83. The number of benzene rings is 1. The molecular formula is C22H31N5O. The second-order valence-electron chi connectivity index (χ2n) is 8.25. The van der Waals surface area contributed by atoms with Crippen LogP contribution in [0.3, 0.4) is 0 Å². The van der Waals surface area contributed by atoms with E-state index in [0.717, 1.165) is 30.5 Å². The molecule has 0 bridgehead atoms. The van der Waals surface area contributed by atoms with Crippen LogP contribution in [0.25, 0.3) is 0 Å². The number of aromatic nitrogens is 2. The van der Waals surface area contributed by atoms with E-state index in [1.807, 2.05) is 41.2 Å². The molecule has 1 aromatic heterocycles. The largest absolute Gasteiger partial charge is 0.348 e. The normalized spacial score (nSPS) is 22.2. The average molecular weight is 382 g/mol. The number of amides is 1. The van der Waals surface area contributed by atoms with E-state index >= 15 is 0 Å². The first-order valence-corrected chi connectivity index (χ1v) is 10.5. The maximum Gasteiger partial charge on any atom is 0.251 e. The Hall–Kier alpha value is -2.18. The molecule has 6 heteroatoms. The number of rotatable bonds is 5. The van der Waals surface area contributed by atoms with Gasteiger partial charge >= 0.3 is 0 Å². The number of piperidine rings is 2. The summed E-state index contributed by atoms with van der Waals surface area (Å²) in [5, 5.41) is 7.53. The lowest BCUT2D eigenvalue weighted by atomic mass is 9.98. The highest BCUT2D eigenvalue weighted by atomic mass is 16.1. The second-order valence-corrected chi connectivity index (χ2v) is 8.25. The Balaban J connectivity index is 1.34. The fourth-order valence-corrected chi connectivity index (χ4v) is 4.48. The van der Waals surface area contributed by atoms with Crippen LogP contribution in [-0.2, 0) is 6.54 Å². The summed E-state index contributed by atoms with van der Waals surface area (Å²) in [6.45, 7) is 5.19. The van der Waals surface area contributed by atoms with Crippen molar-refractivity contribution in [2.75, 3.05) is 33.2 Å². The second kappa shape index (κ2) is 8.88. The predicted octanol–water partition coefficient (Wildman–Crippen LogP) is 2.22. The number of carbonyl (C=O) groups excluding carboxylic acids is 1. The van der Waals surface area contributed by atoms with Gasteiger partial charge in [-0.05, 0) is 76.1 Å². The van der Waals surface area contributed by atoms with Crippen molar-refractivity contribution in [1.29, 1.82) is 0 Å². The van der Waals surface area contributed by atoms with Gasteiger partial charge in [-0.1, -0.05) is 12.1 Å². The zero-order valence-corrected chi connectivity index (χ0v) is 16.8. The highest BCUT2D eigenvalue weighted by molar-refractivity contribution is 5.94. The van der Waals surface area contributed by atoms with E-state index in [1.54, 1.807) is 6.20 Å². The van der Waals surface area contributed by atoms with Crippen LogP contribution in [0, 0.1) is 0 Å².